The van der Waals surface area contributed by atoms with E-state index in [4.69, 9.17) is 15.9 Å². The van der Waals surface area contributed by atoms with Crippen LogP contribution in [0.5, 0.6) is 0 Å². The van der Waals surface area contributed by atoms with Gasteiger partial charge in [-0.2, -0.15) is 23.5 Å². The molecule has 0 aromatic heterocycles. The van der Waals surface area contributed by atoms with Gasteiger partial charge in [0.15, 0.2) is 0 Å². The summed E-state index contributed by atoms with van der Waals surface area (Å²) in [6.07, 6.45) is -0.659. The quantitative estimate of drug-likeness (QED) is 0.0512. The fourth-order valence-electron chi connectivity index (χ4n) is 2.68. The summed E-state index contributed by atoms with van der Waals surface area (Å²) in [7, 11) is 0. The molecule has 3 amide bonds. The summed E-state index contributed by atoms with van der Waals surface area (Å²) in [5, 5.41) is 24.5. The Hall–Kier alpha value is -3.71. The Morgan fingerprint density at radius 3 is 1.67 bits per heavy atom. The number of esters is 2. The molecule has 0 heterocycles. The number of carboxylic acids is 2. The molecule has 0 aliphatic rings. The van der Waals surface area contributed by atoms with Crippen LogP contribution in [0, 0.1) is 0 Å². The number of nitrogens with two attached hydrogens (primary N) is 1. The van der Waals surface area contributed by atoms with E-state index in [1.807, 2.05) is 0 Å². The molecule has 0 aliphatic heterocycles. The van der Waals surface area contributed by atoms with E-state index in [0.717, 1.165) is 23.5 Å². The van der Waals surface area contributed by atoms with Gasteiger partial charge in [-0.25, -0.2) is 9.59 Å². The first-order valence-electron chi connectivity index (χ1n) is 12.4. The number of hydrogen-bond donors (Lipinski definition) is 6. The molecule has 0 spiro atoms. The zero-order valence-electron chi connectivity index (χ0n) is 22.9. The highest BCUT2D eigenvalue weighted by Crippen LogP contribution is 2.09. The van der Waals surface area contributed by atoms with E-state index in [1.165, 1.54) is 13.8 Å². The first-order chi connectivity index (χ1) is 19.7. The third kappa shape index (κ3) is 16.5. The van der Waals surface area contributed by atoms with Gasteiger partial charge in [-0.15, -0.1) is 0 Å². The van der Waals surface area contributed by atoms with Crippen LogP contribution >= 0.6 is 23.5 Å². The molecule has 0 saturated carbocycles. The molecular weight excluding hydrogens is 604 g/mol. The van der Waals surface area contributed by atoms with Crippen molar-refractivity contribution in [2.24, 2.45) is 5.73 Å². The molecule has 0 bridgehead atoms. The Labute approximate surface area is 248 Å². The lowest BCUT2D eigenvalue weighted by Gasteiger charge is -2.23. The Morgan fingerprint density at radius 1 is 0.762 bits per heavy atom. The number of carbonyl (C=O) groups excluding carboxylic acids is 7. The van der Waals surface area contributed by atoms with Crippen LogP contribution in [0.15, 0.2) is 0 Å². The molecule has 0 fully saturated rings. The van der Waals surface area contributed by atoms with Gasteiger partial charge in [-0.05, 0) is 20.3 Å². The zero-order valence-corrected chi connectivity index (χ0v) is 24.5. The van der Waals surface area contributed by atoms with Gasteiger partial charge in [-0.3, -0.25) is 33.6 Å². The van der Waals surface area contributed by atoms with E-state index >= 15 is 0 Å². The molecule has 7 N–H and O–H groups in total. The number of nitrogens with one attached hydrogen (secondary N) is 3. The third-order valence-corrected chi connectivity index (χ3v) is 6.81. The van der Waals surface area contributed by atoms with Gasteiger partial charge in [0.1, 0.15) is 24.7 Å². The average Bonchev–Trinajstić information content (AvgIpc) is 2.93. The van der Waals surface area contributed by atoms with Crippen LogP contribution in [0.2, 0.25) is 0 Å². The van der Waals surface area contributed by atoms with Gasteiger partial charge in [0.2, 0.25) is 29.3 Å². The summed E-state index contributed by atoms with van der Waals surface area (Å²) in [4.78, 5) is 107. The van der Waals surface area contributed by atoms with Crippen molar-refractivity contribution in [2.75, 3.05) is 42.8 Å². The van der Waals surface area contributed by atoms with Crippen molar-refractivity contribution in [3.63, 3.8) is 0 Å². The van der Waals surface area contributed by atoms with Crippen molar-refractivity contribution in [2.45, 2.75) is 44.8 Å². The standard InChI is InChI=1S/C23H34N4O13S2/c1-3-39-22(37)15(28)10-41-8-13(19(33)25-7-18(31)32)27-20(34)14(9-42-11-16(29)23(38)40-4-2)26-17(30)6-5-12(24)21(35)36/h12-14H,3-11,24H2,1-2H3,(H,25,33)(H,26,30)(H,27,34)(H,31,32)(H,35,36). The maximum atomic E-state index is 13.1. The molecule has 0 aromatic carbocycles. The second-order valence-corrected chi connectivity index (χ2v) is 10.2. The molecule has 0 aliphatic carbocycles. The van der Waals surface area contributed by atoms with Gasteiger partial charge < -0.3 is 41.4 Å². The largest absolute Gasteiger partial charge is 0.480 e. The van der Waals surface area contributed by atoms with Gasteiger partial charge in [0.25, 0.3) is 0 Å². The summed E-state index contributed by atoms with van der Waals surface area (Å²) in [5.41, 5.74) is 5.39. The van der Waals surface area contributed by atoms with Crippen LogP contribution in [0.4, 0.5) is 0 Å². The van der Waals surface area contributed by atoms with Crippen LogP contribution in [-0.4, -0.2) is 124 Å². The molecule has 3 atom stereocenters. The van der Waals surface area contributed by atoms with Crippen LogP contribution in [0.25, 0.3) is 0 Å². The van der Waals surface area contributed by atoms with E-state index in [1.54, 1.807) is 0 Å². The minimum atomic E-state index is -1.44. The average molecular weight is 639 g/mol. The molecule has 0 saturated heterocycles. The van der Waals surface area contributed by atoms with Crippen molar-refractivity contribution in [3.8, 4) is 0 Å². The highest BCUT2D eigenvalue weighted by atomic mass is 32.2. The number of carboxylic acid groups (broad SMARTS) is 2. The van der Waals surface area contributed by atoms with Gasteiger partial charge in [0, 0.05) is 17.9 Å². The number of carbonyl (C=O) groups is 9. The number of ketones is 2. The summed E-state index contributed by atoms with van der Waals surface area (Å²) in [5.74, 6) is -10.9. The Bertz CT molecular complexity index is 1020. The van der Waals surface area contributed by atoms with Gasteiger partial charge in [0.05, 0.1) is 24.7 Å². The van der Waals surface area contributed by atoms with E-state index in [2.05, 4.69) is 25.4 Å². The van der Waals surface area contributed by atoms with Crippen molar-refractivity contribution in [1.29, 1.82) is 0 Å². The second-order valence-electron chi connectivity index (χ2n) is 8.09. The lowest BCUT2D eigenvalue weighted by Crippen LogP contribution is -2.56. The SMILES string of the molecule is CCOC(=O)C(=O)CSCC(NC(=O)CCC(N)C(=O)O)C(=O)NC(CSCC(=O)C(=O)OCC)C(=O)NCC(=O)O. The molecule has 0 radical (unpaired) electrons. The second kappa shape index (κ2) is 21.1. The van der Waals surface area contributed by atoms with E-state index in [0.29, 0.717) is 0 Å². The number of Topliss-reactive ketones (excluding diaryl/α,β-unsaturated/α-hetero) is 2. The summed E-state index contributed by atoms with van der Waals surface area (Å²) in [6.45, 7) is 2.12. The predicted octanol–water partition coefficient (Wildman–Crippen LogP) is -2.92. The van der Waals surface area contributed by atoms with Crippen molar-refractivity contribution >= 4 is 76.7 Å². The maximum absolute atomic E-state index is 13.1. The normalized spacial score (nSPS) is 12.5. The van der Waals surface area contributed by atoms with Crippen LogP contribution in [0.1, 0.15) is 26.7 Å². The molecule has 19 heteroatoms. The van der Waals surface area contributed by atoms with Gasteiger partial charge in [-0.1, -0.05) is 0 Å². The highest BCUT2D eigenvalue weighted by Gasteiger charge is 2.29. The minimum Gasteiger partial charge on any atom is -0.480 e. The number of aliphatic carboxylic acids is 2. The first kappa shape index (κ1) is 38.3. The highest BCUT2D eigenvalue weighted by molar-refractivity contribution is 8.00. The fraction of sp³-hybridized carbons (Fsp3) is 0.609. The van der Waals surface area contributed by atoms with Crippen molar-refractivity contribution in [1.82, 2.24) is 16.0 Å². The monoisotopic (exact) mass is 638 g/mol. The first-order valence-corrected chi connectivity index (χ1v) is 14.7. The summed E-state index contributed by atoms with van der Waals surface area (Å²) < 4.78 is 9.18. The topological polar surface area (TPSA) is 275 Å². The predicted molar refractivity (Wildman–Crippen MR) is 147 cm³/mol. The number of amides is 3. The Kier molecular flexibility index (Phi) is 19.2. The lowest BCUT2D eigenvalue weighted by atomic mass is 10.1. The molecule has 17 nitrogen and oxygen atoms in total. The van der Waals surface area contributed by atoms with Crippen molar-refractivity contribution < 1.29 is 62.8 Å². The Balaban J connectivity index is 5.62. The molecular formula is C23H34N4O13S2. The van der Waals surface area contributed by atoms with E-state index < -0.39 is 95.8 Å². The summed E-state index contributed by atoms with van der Waals surface area (Å²) in [6, 6.07) is -4.21. The Morgan fingerprint density at radius 2 is 1.24 bits per heavy atom. The number of rotatable bonds is 22. The molecule has 0 aromatic rings. The fourth-order valence-corrected chi connectivity index (χ4v) is 4.46. The van der Waals surface area contributed by atoms with Crippen LogP contribution < -0.4 is 21.7 Å². The molecule has 236 valence electrons. The van der Waals surface area contributed by atoms with Crippen molar-refractivity contribution in [3.05, 3.63) is 0 Å². The van der Waals surface area contributed by atoms with E-state index in [-0.39, 0.29) is 31.1 Å². The molecule has 0 rings (SSSR count). The summed E-state index contributed by atoms with van der Waals surface area (Å²) >= 11 is 1.54. The van der Waals surface area contributed by atoms with Crippen LogP contribution in [-0.2, 0) is 52.6 Å². The zero-order chi connectivity index (χ0) is 32.2. The number of thioether (sulfide) groups is 2. The smallest absolute Gasteiger partial charge is 0.375 e. The molecule has 42 heavy (non-hydrogen) atoms. The minimum absolute atomic E-state index is 0.0374. The maximum Gasteiger partial charge on any atom is 0.375 e. The van der Waals surface area contributed by atoms with Crippen LogP contribution in [0.3, 0.4) is 0 Å². The number of hydrogen-bond acceptors (Lipinski definition) is 14. The van der Waals surface area contributed by atoms with Gasteiger partial charge >= 0.3 is 23.9 Å². The lowest BCUT2D eigenvalue weighted by molar-refractivity contribution is -0.152. The third-order valence-electron chi connectivity index (χ3n) is 4.74. The number of ether oxygens (including phenoxy) is 2. The molecule has 3 unspecified atom stereocenters. The van der Waals surface area contributed by atoms with E-state index in [9.17, 15) is 43.2 Å².